The monoisotopic (exact) mass is 478 g/mol. The number of rotatable bonds is 8. The highest BCUT2D eigenvalue weighted by atomic mass is 32.1. The molecule has 0 fully saturated rings. The third-order valence-electron chi connectivity index (χ3n) is 5.61. The molecule has 3 aromatic heterocycles. The molecule has 4 aromatic rings. The number of carbonyl (C=O) groups excluding carboxylic acids is 1. The fourth-order valence-corrected chi connectivity index (χ4v) is 4.74. The lowest BCUT2D eigenvalue weighted by Gasteiger charge is -2.12. The van der Waals surface area contributed by atoms with Crippen molar-refractivity contribution in [2.45, 2.75) is 32.5 Å². The number of nitrogens with one attached hydrogen (secondary N) is 1. The smallest absolute Gasteiger partial charge is 0.331 e. The Labute approximate surface area is 198 Å². The molecule has 1 aromatic carbocycles. The van der Waals surface area contributed by atoms with Crippen molar-refractivity contribution in [2.24, 2.45) is 0 Å². The molecule has 174 valence electrons. The second-order valence-corrected chi connectivity index (χ2v) is 8.81. The first-order valence-electron chi connectivity index (χ1n) is 10.8. The van der Waals surface area contributed by atoms with Gasteiger partial charge in [0.25, 0.3) is 5.56 Å². The van der Waals surface area contributed by atoms with Gasteiger partial charge in [0, 0.05) is 31.9 Å². The van der Waals surface area contributed by atoms with E-state index >= 15 is 0 Å². The molecule has 0 radical (unpaired) electrons. The van der Waals surface area contributed by atoms with Gasteiger partial charge in [0.2, 0.25) is 12.7 Å². The van der Waals surface area contributed by atoms with Gasteiger partial charge >= 0.3 is 5.69 Å². The van der Waals surface area contributed by atoms with E-state index < -0.39 is 0 Å². The highest BCUT2D eigenvalue weighted by molar-refractivity contribution is 7.17. The van der Waals surface area contributed by atoms with Gasteiger partial charge < -0.3 is 14.8 Å². The number of aromatic nitrogens is 3. The van der Waals surface area contributed by atoms with E-state index in [1.807, 2.05) is 30.3 Å². The van der Waals surface area contributed by atoms with Crippen molar-refractivity contribution in [3.63, 3.8) is 0 Å². The highest BCUT2D eigenvalue weighted by Crippen LogP contribution is 2.32. The second kappa shape index (κ2) is 9.52. The van der Waals surface area contributed by atoms with Gasteiger partial charge in [-0.05, 0) is 47.2 Å². The number of thiophene rings is 1. The molecule has 34 heavy (non-hydrogen) atoms. The summed E-state index contributed by atoms with van der Waals surface area (Å²) in [5.41, 5.74) is 1.67. The molecule has 0 unspecified atom stereocenters. The van der Waals surface area contributed by atoms with Gasteiger partial charge in [0.1, 0.15) is 4.70 Å². The van der Waals surface area contributed by atoms with E-state index in [0.29, 0.717) is 41.2 Å². The molecular formula is C24H22N4O5S. The van der Waals surface area contributed by atoms with Crippen LogP contribution in [0.25, 0.3) is 10.2 Å². The number of fused-ring (bicyclic) bond motifs is 2. The normalized spacial score (nSPS) is 12.2. The Morgan fingerprint density at radius 1 is 1.09 bits per heavy atom. The zero-order chi connectivity index (χ0) is 23.5. The Bertz CT molecular complexity index is 1460. The van der Waals surface area contributed by atoms with E-state index in [1.54, 1.807) is 28.4 Å². The maximum absolute atomic E-state index is 13.2. The van der Waals surface area contributed by atoms with Crippen molar-refractivity contribution in [3.05, 3.63) is 86.1 Å². The molecular weight excluding hydrogens is 456 g/mol. The van der Waals surface area contributed by atoms with Crippen molar-refractivity contribution >= 4 is 27.5 Å². The fourth-order valence-electron chi connectivity index (χ4n) is 3.90. The number of amides is 1. The van der Waals surface area contributed by atoms with Crippen LogP contribution in [-0.4, -0.2) is 26.8 Å². The average molecular weight is 479 g/mol. The van der Waals surface area contributed by atoms with Crippen LogP contribution in [0.2, 0.25) is 0 Å². The minimum Gasteiger partial charge on any atom is -0.454 e. The predicted molar refractivity (Wildman–Crippen MR) is 127 cm³/mol. The Morgan fingerprint density at radius 2 is 1.97 bits per heavy atom. The van der Waals surface area contributed by atoms with Gasteiger partial charge in [-0.15, -0.1) is 11.3 Å². The summed E-state index contributed by atoms with van der Waals surface area (Å²) < 4.78 is 14.0. The number of hydrogen-bond acceptors (Lipinski definition) is 7. The predicted octanol–water partition coefficient (Wildman–Crippen LogP) is 2.49. The lowest BCUT2D eigenvalue weighted by Crippen LogP contribution is -2.40. The van der Waals surface area contributed by atoms with Crippen LogP contribution >= 0.6 is 11.3 Å². The number of nitrogens with zero attached hydrogens (tertiary/aromatic N) is 3. The second-order valence-electron chi connectivity index (χ2n) is 7.89. The number of carbonyl (C=O) groups is 1. The SMILES string of the molecule is O=C(CCCn1c(=O)c2sccc2n(Cc2cccnc2)c1=O)NCc1ccc2c(c1)OCO2. The van der Waals surface area contributed by atoms with Crippen LogP contribution in [0, 0.1) is 0 Å². The van der Waals surface area contributed by atoms with E-state index in [4.69, 9.17) is 9.47 Å². The van der Waals surface area contributed by atoms with Crippen LogP contribution in [0.15, 0.2) is 63.8 Å². The summed E-state index contributed by atoms with van der Waals surface area (Å²) >= 11 is 1.31. The fraction of sp³-hybridized carbons (Fsp3) is 0.250. The van der Waals surface area contributed by atoms with E-state index in [2.05, 4.69) is 10.3 Å². The zero-order valence-corrected chi connectivity index (χ0v) is 19.0. The van der Waals surface area contributed by atoms with E-state index in [-0.39, 0.29) is 36.9 Å². The third kappa shape index (κ3) is 4.44. The van der Waals surface area contributed by atoms with Gasteiger partial charge in [-0.3, -0.25) is 23.7 Å². The van der Waals surface area contributed by atoms with Gasteiger partial charge in [-0.2, -0.15) is 0 Å². The maximum atomic E-state index is 13.2. The van der Waals surface area contributed by atoms with Gasteiger partial charge in [0.15, 0.2) is 11.5 Å². The van der Waals surface area contributed by atoms with Crippen LogP contribution < -0.4 is 26.0 Å². The summed E-state index contributed by atoms with van der Waals surface area (Å²) in [5, 5.41) is 4.67. The van der Waals surface area contributed by atoms with E-state index in [0.717, 1.165) is 11.1 Å². The van der Waals surface area contributed by atoms with Crippen LogP contribution in [0.3, 0.4) is 0 Å². The summed E-state index contributed by atoms with van der Waals surface area (Å²) in [5.74, 6) is 1.20. The molecule has 0 saturated heterocycles. The van der Waals surface area contributed by atoms with Crippen LogP contribution in [0.4, 0.5) is 0 Å². The van der Waals surface area contributed by atoms with Crippen LogP contribution in [-0.2, 0) is 24.4 Å². The molecule has 9 nitrogen and oxygen atoms in total. The number of hydrogen-bond donors (Lipinski definition) is 1. The summed E-state index contributed by atoms with van der Waals surface area (Å²) in [7, 11) is 0. The Balaban J connectivity index is 1.25. The Hall–Kier alpha value is -3.92. The Morgan fingerprint density at radius 3 is 2.82 bits per heavy atom. The minimum atomic E-state index is -0.388. The quantitative estimate of drug-likeness (QED) is 0.417. The van der Waals surface area contributed by atoms with Crippen molar-refractivity contribution in [1.29, 1.82) is 0 Å². The minimum absolute atomic E-state index is 0.154. The molecule has 4 heterocycles. The van der Waals surface area contributed by atoms with Crippen molar-refractivity contribution in [3.8, 4) is 11.5 Å². The molecule has 0 saturated carbocycles. The first kappa shape index (κ1) is 21.9. The van der Waals surface area contributed by atoms with Crippen molar-refractivity contribution in [2.75, 3.05) is 6.79 Å². The summed E-state index contributed by atoms with van der Waals surface area (Å²) in [6.45, 7) is 1.03. The van der Waals surface area contributed by atoms with E-state index in [9.17, 15) is 14.4 Å². The molecule has 0 aliphatic carbocycles. The average Bonchev–Trinajstić information content (AvgIpc) is 3.53. The zero-order valence-electron chi connectivity index (χ0n) is 18.2. The van der Waals surface area contributed by atoms with E-state index in [1.165, 1.54) is 15.9 Å². The highest BCUT2D eigenvalue weighted by Gasteiger charge is 2.16. The summed E-state index contributed by atoms with van der Waals surface area (Å²) in [6, 6.07) is 11.0. The summed E-state index contributed by atoms with van der Waals surface area (Å²) in [4.78, 5) is 42.5. The molecule has 0 bridgehead atoms. The van der Waals surface area contributed by atoms with Crippen LogP contribution in [0.1, 0.15) is 24.0 Å². The summed E-state index contributed by atoms with van der Waals surface area (Å²) in [6.07, 6.45) is 3.93. The molecule has 0 atom stereocenters. The molecule has 10 heteroatoms. The number of pyridine rings is 1. The third-order valence-corrected chi connectivity index (χ3v) is 6.50. The Kier molecular flexibility index (Phi) is 6.13. The van der Waals surface area contributed by atoms with Crippen molar-refractivity contribution < 1.29 is 14.3 Å². The van der Waals surface area contributed by atoms with Gasteiger partial charge in [-0.1, -0.05) is 12.1 Å². The van der Waals surface area contributed by atoms with Gasteiger partial charge in [-0.25, -0.2) is 4.79 Å². The standard InChI is InChI=1S/C24H22N4O5S/c29-21(26-13-16-5-6-19-20(11-16)33-15-32-19)4-2-9-27-23(30)22-18(7-10-34-22)28(24(27)31)14-17-3-1-8-25-12-17/h1,3,5-8,10-12H,2,4,9,13-15H2,(H,26,29). The molecule has 0 spiro atoms. The first-order valence-corrected chi connectivity index (χ1v) is 11.7. The largest absolute Gasteiger partial charge is 0.454 e. The number of benzene rings is 1. The molecule has 1 aliphatic heterocycles. The molecule has 1 N–H and O–H groups in total. The van der Waals surface area contributed by atoms with Crippen molar-refractivity contribution in [1.82, 2.24) is 19.4 Å². The maximum Gasteiger partial charge on any atom is 0.331 e. The molecule has 5 rings (SSSR count). The lowest BCUT2D eigenvalue weighted by atomic mass is 10.2. The topological polar surface area (TPSA) is 104 Å². The molecule has 1 aliphatic rings. The van der Waals surface area contributed by atoms with Crippen LogP contribution in [0.5, 0.6) is 11.5 Å². The first-order chi connectivity index (χ1) is 16.6. The lowest BCUT2D eigenvalue weighted by molar-refractivity contribution is -0.121. The van der Waals surface area contributed by atoms with Gasteiger partial charge in [0.05, 0.1) is 12.1 Å². The molecule has 1 amide bonds. The number of ether oxygens (including phenoxy) is 2.